The number of carboxylic acids is 1. The fourth-order valence-corrected chi connectivity index (χ4v) is 1.92. The van der Waals surface area contributed by atoms with Crippen LogP contribution in [-0.4, -0.2) is 31.0 Å². The van der Waals surface area contributed by atoms with E-state index in [9.17, 15) is 4.79 Å². The van der Waals surface area contributed by atoms with Crippen molar-refractivity contribution in [2.75, 3.05) is 19.9 Å². The first-order valence-electron chi connectivity index (χ1n) is 4.78. The zero-order chi connectivity index (χ0) is 12.1. The Labute approximate surface area is 98.8 Å². The largest absolute Gasteiger partial charge is 0.496 e. The molecule has 0 amide bonds. The van der Waals surface area contributed by atoms with E-state index in [0.29, 0.717) is 11.3 Å². The minimum Gasteiger partial charge on any atom is -0.496 e. The van der Waals surface area contributed by atoms with Gasteiger partial charge in [0.1, 0.15) is 5.75 Å². The zero-order valence-electron chi connectivity index (χ0n) is 9.27. The molecule has 1 aromatic rings. The molecule has 0 saturated heterocycles. The molecule has 3 N–H and O–H groups in total. The lowest BCUT2D eigenvalue weighted by Crippen LogP contribution is -2.21. The minimum absolute atomic E-state index is 0.0591. The molecule has 1 rings (SSSR count). The number of methoxy groups -OCH3 is 1. The van der Waals surface area contributed by atoms with Crippen molar-refractivity contribution in [3.05, 3.63) is 23.8 Å². The van der Waals surface area contributed by atoms with Gasteiger partial charge in [-0.3, -0.25) is 4.79 Å². The number of carbonyl (C=O) groups is 1. The number of hydrogen-bond donors (Lipinski definition) is 2. The van der Waals surface area contributed by atoms with Crippen molar-refractivity contribution in [1.82, 2.24) is 0 Å². The maximum atomic E-state index is 11.1. The summed E-state index contributed by atoms with van der Waals surface area (Å²) in [5.41, 5.74) is 6.11. The summed E-state index contributed by atoms with van der Waals surface area (Å²) in [5, 5.41) is 9.07. The summed E-state index contributed by atoms with van der Waals surface area (Å²) in [4.78, 5) is 12.1. The van der Waals surface area contributed by atoms with E-state index < -0.39 is 11.9 Å². The molecule has 88 valence electrons. The van der Waals surface area contributed by atoms with Crippen LogP contribution in [0.1, 0.15) is 11.5 Å². The van der Waals surface area contributed by atoms with Gasteiger partial charge in [-0.25, -0.2) is 0 Å². The Hall–Kier alpha value is -1.20. The van der Waals surface area contributed by atoms with Gasteiger partial charge in [-0.15, -0.1) is 11.8 Å². The SMILES string of the molecule is COc1ccc(SC)cc1C(CN)C(=O)O. The monoisotopic (exact) mass is 241 g/mol. The van der Waals surface area contributed by atoms with E-state index >= 15 is 0 Å². The second kappa shape index (κ2) is 5.77. The van der Waals surface area contributed by atoms with E-state index in [1.807, 2.05) is 18.4 Å². The number of aliphatic carboxylic acids is 1. The number of rotatable bonds is 5. The Balaban J connectivity index is 3.21. The van der Waals surface area contributed by atoms with Gasteiger partial charge in [0.25, 0.3) is 0 Å². The molecule has 0 radical (unpaired) electrons. The summed E-state index contributed by atoms with van der Waals surface area (Å²) in [6.45, 7) is 0.0591. The third kappa shape index (κ3) is 2.68. The predicted octanol–water partition coefficient (Wildman–Crippen LogP) is 1.54. The fraction of sp³-hybridized carbons (Fsp3) is 0.364. The molecule has 0 aliphatic carbocycles. The van der Waals surface area contributed by atoms with Gasteiger partial charge in [-0.1, -0.05) is 0 Å². The van der Waals surface area contributed by atoms with Crippen LogP contribution in [0.5, 0.6) is 5.75 Å². The molecular formula is C11H15NO3S. The van der Waals surface area contributed by atoms with Crippen molar-refractivity contribution in [2.45, 2.75) is 10.8 Å². The third-order valence-corrected chi connectivity index (χ3v) is 3.07. The number of carboxylic acid groups (broad SMARTS) is 1. The molecule has 1 atom stereocenters. The second-order valence-corrected chi connectivity index (χ2v) is 4.11. The molecule has 0 saturated carbocycles. The van der Waals surface area contributed by atoms with E-state index in [0.717, 1.165) is 4.90 Å². The molecular weight excluding hydrogens is 226 g/mol. The van der Waals surface area contributed by atoms with Crippen LogP contribution in [0.25, 0.3) is 0 Å². The summed E-state index contributed by atoms with van der Waals surface area (Å²) < 4.78 is 5.15. The van der Waals surface area contributed by atoms with Gasteiger partial charge in [-0.05, 0) is 24.5 Å². The summed E-state index contributed by atoms with van der Waals surface area (Å²) in [7, 11) is 1.52. The Bertz CT molecular complexity index is 381. The fourth-order valence-electron chi connectivity index (χ4n) is 1.47. The van der Waals surface area contributed by atoms with Crippen LogP contribution in [0.2, 0.25) is 0 Å². The topological polar surface area (TPSA) is 72.5 Å². The van der Waals surface area contributed by atoms with Crippen LogP contribution in [0.4, 0.5) is 0 Å². The molecule has 1 unspecified atom stereocenters. The van der Waals surface area contributed by atoms with Gasteiger partial charge in [0.2, 0.25) is 0 Å². The Morgan fingerprint density at radius 2 is 2.31 bits per heavy atom. The average molecular weight is 241 g/mol. The highest BCUT2D eigenvalue weighted by atomic mass is 32.2. The van der Waals surface area contributed by atoms with Crippen LogP contribution in [0.3, 0.4) is 0 Å². The van der Waals surface area contributed by atoms with Crippen molar-refractivity contribution in [3.8, 4) is 5.75 Å². The van der Waals surface area contributed by atoms with Crippen molar-refractivity contribution in [1.29, 1.82) is 0 Å². The van der Waals surface area contributed by atoms with Crippen LogP contribution in [0.15, 0.2) is 23.1 Å². The first kappa shape index (κ1) is 12.9. The van der Waals surface area contributed by atoms with Gasteiger partial charge in [-0.2, -0.15) is 0 Å². The van der Waals surface area contributed by atoms with Crippen LogP contribution < -0.4 is 10.5 Å². The number of thioether (sulfide) groups is 1. The molecule has 16 heavy (non-hydrogen) atoms. The van der Waals surface area contributed by atoms with Crippen molar-refractivity contribution >= 4 is 17.7 Å². The molecule has 0 fully saturated rings. The Morgan fingerprint density at radius 3 is 2.75 bits per heavy atom. The molecule has 0 bridgehead atoms. The van der Waals surface area contributed by atoms with E-state index in [-0.39, 0.29) is 6.54 Å². The van der Waals surface area contributed by atoms with E-state index in [1.165, 1.54) is 7.11 Å². The number of nitrogens with two attached hydrogens (primary N) is 1. The van der Waals surface area contributed by atoms with E-state index in [4.69, 9.17) is 15.6 Å². The van der Waals surface area contributed by atoms with Crippen molar-refractivity contribution < 1.29 is 14.6 Å². The second-order valence-electron chi connectivity index (χ2n) is 3.23. The molecule has 0 aromatic heterocycles. The first-order valence-corrected chi connectivity index (χ1v) is 6.01. The lowest BCUT2D eigenvalue weighted by molar-refractivity contribution is -0.138. The standard InChI is InChI=1S/C11H15NO3S/c1-15-10-4-3-7(16-2)5-8(10)9(6-12)11(13)14/h3-5,9H,6,12H2,1-2H3,(H,13,14). The lowest BCUT2D eigenvalue weighted by atomic mass is 9.98. The minimum atomic E-state index is -0.931. The van der Waals surface area contributed by atoms with Gasteiger partial charge >= 0.3 is 5.97 Å². The normalized spacial score (nSPS) is 12.2. The Kier molecular flexibility index (Phi) is 4.64. The highest BCUT2D eigenvalue weighted by Crippen LogP contribution is 2.30. The van der Waals surface area contributed by atoms with Crippen LogP contribution >= 0.6 is 11.8 Å². The first-order chi connectivity index (χ1) is 7.63. The van der Waals surface area contributed by atoms with Crippen molar-refractivity contribution in [2.24, 2.45) is 5.73 Å². The number of benzene rings is 1. The molecule has 0 aliphatic heterocycles. The summed E-state index contributed by atoms with van der Waals surface area (Å²) in [6.07, 6.45) is 1.93. The smallest absolute Gasteiger partial charge is 0.312 e. The summed E-state index contributed by atoms with van der Waals surface area (Å²) >= 11 is 1.55. The van der Waals surface area contributed by atoms with E-state index in [1.54, 1.807) is 17.8 Å². The van der Waals surface area contributed by atoms with Gasteiger partial charge in [0, 0.05) is 17.0 Å². The Morgan fingerprint density at radius 1 is 1.62 bits per heavy atom. The number of hydrogen-bond acceptors (Lipinski definition) is 4. The lowest BCUT2D eigenvalue weighted by Gasteiger charge is -2.15. The molecule has 1 aromatic carbocycles. The predicted molar refractivity (Wildman–Crippen MR) is 64.2 cm³/mol. The maximum Gasteiger partial charge on any atom is 0.312 e. The quantitative estimate of drug-likeness (QED) is 0.765. The zero-order valence-corrected chi connectivity index (χ0v) is 10.1. The van der Waals surface area contributed by atoms with Crippen molar-refractivity contribution in [3.63, 3.8) is 0 Å². The van der Waals surface area contributed by atoms with Crippen LogP contribution in [0, 0.1) is 0 Å². The molecule has 0 spiro atoms. The van der Waals surface area contributed by atoms with Gasteiger partial charge < -0.3 is 15.6 Å². The number of ether oxygens (including phenoxy) is 1. The summed E-state index contributed by atoms with van der Waals surface area (Å²) in [5.74, 6) is -1.09. The molecule has 4 nitrogen and oxygen atoms in total. The maximum absolute atomic E-state index is 11.1. The highest BCUT2D eigenvalue weighted by molar-refractivity contribution is 7.98. The molecule has 0 heterocycles. The third-order valence-electron chi connectivity index (χ3n) is 2.35. The summed E-state index contributed by atoms with van der Waals surface area (Å²) in [6, 6.07) is 5.48. The van der Waals surface area contributed by atoms with Crippen LogP contribution in [-0.2, 0) is 4.79 Å². The average Bonchev–Trinajstić information content (AvgIpc) is 2.29. The van der Waals surface area contributed by atoms with Gasteiger partial charge in [0.05, 0.1) is 13.0 Å². The highest BCUT2D eigenvalue weighted by Gasteiger charge is 2.22. The molecule has 0 aliphatic rings. The van der Waals surface area contributed by atoms with Gasteiger partial charge in [0.15, 0.2) is 0 Å². The van der Waals surface area contributed by atoms with E-state index in [2.05, 4.69) is 0 Å². The molecule has 5 heteroatoms.